The molecule has 1 unspecified atom stereocenters. The van der Waals surface area contributed by atoms with E-state index in [1.165, 1.54) is 0 Å². The van der Waals surface area contributed by atoms with Crippen molar-refractivity contribution in [1.82, 2.24) is 9.55 Å². The molecule has 0 radical (unpaired) electrons. The van der Waals surface area contributed by atoms with Gasteiger partial charge in [0.05, 0.1) is 10.4 Å². The van der Waals surface area contributed by atoms with Gasteiger partial charge in [-0.1, -0.05) is 0 Å². The summed E-state index contributed by atoms with van der Waals surface area (Å²) in [5, 5.41) is 11.5. The van der Waals surface area contributed by atoms with Gasteiger partial charge >= 0.3 is 5.69 Å². The summed E-state index contributed by atoms with van der Waals surface area (Å²) in [6, 6.07) is 2.11. The number of nitrogens with zero attached hydrogens (tertiary/aromatic N) is 4. The number of hydrogen-bond acceptors (Lipinski definition) is 5. The molecule has 2 heterocycles. The van der Waals surface area contributed by atoms with E-state index in [-0.39, 0.29) is 11.7 Å². The van der Waals surface area contributed by atoms with Crippen molar-refractivity contribution in [2.75, 3.05) is 18.0 Å². The summed E-state index contributed by atoms with van der Waals surface area (Å²) in [5.74, 6) is 0.767. The Labute approximate surface area is 150 Å². The van der Waals surface area contributed by atoms with Crippen molar-refractivity contribution in [3.63, 3.8) is 0 Å². The number of hydrogen-bond donors (Lipinski definition) is 1. The third-order valence-corrected chi connectivity index (χ3v) is 6.26. The van der Waals surface area contributed by atoms with Crippen LogP contribution in [0.1, 0.15) is 19.8 Å². The molecule has 7 nitrogen and oxygen atoms in total. The van der Waals surface area contributed by atoms with Crippen LogP contribution in [-0.4, -0.2) is 33.6 Å². The van der Waals surface area contributed by atoms with Crippen LogP contribution >= 0.6 is 31.9 Å². The number of nitro groups is 1. The molecule has 2 aromatic rings. The van der Waals surface area contributed by atoms with E-state index >= 15 is 0 Å². The monoisotopic (exact) mass is 445 g/mol. The summed E-state index contributed by atoms with van der Waals surface area (Å²) < 4.78 is 3.08. The van der Waals surface area contributed by atoms with Crippen LogP contribution in [0.4, 0.5) is 11.6 Å². The van der Waals surface area contributed by atoms with Crippen LogP contribution in [0, 0.1) is 10.1 Å². The maximum Gasteiger partial charge on any atom is 0.312 e. The smallest absolute Gasteiger partial charge is 0.312 e. The number of imidazole rings is 1. The molecule has 1 aliphatic heterocycles. The van der Waals surface area contributed by atoms with E-state index in [2.05, 4.69) is 41.7 Å². The van der Waals surface area contributed by atoms with Crippen LogP contribution in [0.5, 0.6) is 0 Å². The number of nitro benzene ring substituents is 1. The molecule has 1 atom stereocenters. The number of anilines is 1. The predicted octanol–water partition coefficient (Wildman–Crippen LogP) is 3.42. The van der Waals surface area contributed by atoms with Crippen molar-refractivity contribution in [3.8, 4) is 0 Å². The molecule has 0 bridgehead atoms. The van der Waals surface area contributed by atoms with Gasteiger partial charge in [-0.2, -0.15) is 0 Å². The van der Waals surface area contributed by atoms with Crippen LogP contribution in [-0.2, 0) is 6.54 Å². The van der Waals surface area contributed by atoms with E-state index in [4.69, 9.17) is 5.73 Å². The van der Waals surface area contributed by atoms with E-state index < -0.39 is 4.92 Å². The average molecular weight is 447 g/mol. The Morgan fingerprint density at radius 1 is 1.52 bits per heavy atom. The van der Waals surface area contributed by atoms with Gasteiger partial charge in [-0.15, -0.1) is 0 Å². The van der Waals surface area contributed by atoms with E-state index in [0.717, 1.165) is 30.9 Å². The first-order valence-electron chi connectivity index (χ1n) is 7.48. The van der Waals surface area contributed by atoms with Gasteiger partial charge in [0.1, 0.15) is 4.47 Å². The third-order valence-electron chi connectivity index (χ3n) is 4.30. The number of rotatable bonds is 4. The molecule has 9 heteroatoms. The van der Waals surface area contributed by atoms with Crippen molar-refractivity contribution in [2.24, 2.45) is 5.73 Å². The molecule has 0 spiro atoms. The van der Waals surface area contributed by atoms with Crippen LogP contribution in [0.2, 0.25) is 0 Å². The Kier molecular flexibility index (Phi) is 4.61. The standard InChI is InChI=1S/C14H17Br2N5O2/c1-2-19-10-6-9(15)11(16)13(21(22)23)12(10)18-14(19)20-5-3-4-8(20)7-17/h6,8H,2-5,7,17H2,1H3. The summed E-state index contributed by atoms with van der Waals surface area (Å²) in [6.07, 6.45) is 2.09. The van der Waals surface area contributed by atoms with Gasteiger partial charge in [0, 0.05) is 30.1 Å². The SMILES string of the molecule is CCn1c(N2CCCC2CN)nc2c([N+](=O)[O-])c(Br)c(Br)cc21. The first kappa shape index (κ1) is 16.7. The van der Waals surface area contributed by atoms with Crippen molar-refractivity contribution >= 4 is 54.5 Å². The highest BCUT2D eigenvalue weighted by Crippen LogP contribution is 2.41. The Hall–Kier alpha value is -1.19. The second-order valence-electron chi connectivity index (χ2n) is 5.53. The van der Waals surface area contributed by atoms with Crippen molar-refractivity contribution in [1.29, 1.82) is 0 Å². The fraction of sp³-hybridized carbons (Fsp3) is 0.500. The Bertz CT molecular complexity index is 776. The summed E-state index contributed by atoms with van der Waals surface area (Å²) in [6.45, 7) is 4.13. The molecule has 3 rings (SSSR count). The molecule has 0 saturated carbocycles. The predicted molar refractivity (Wildman–Crippen MR) is 96.9 cm³/mol. The zero-order valence-electron chi connectivity index (χ0n) is 12.6. The molecular formula is C14H17Br2N5O2. The highest BCUT2D eigenvalue weighted by molar-refractivity contribution is 9.13. The van der Waals surface area contributed by atoms with Crippen molar-refractivity contribution in [3.05, 3.63) is 25.1 Å². The van der Waals surface area contributed by atoms with Crippen molar-refractivity contribution in [2.45, 2.75) is 32.4 Å². The molecule has 23 heavy (non-hydrogen) atoms. The van der Waals surface area contributed by atoms with Crippen molar-refractivity contribution < 1.29 is 4.92 Å². The lowest BCUT2D eigenvalue weighted by atomic mass is 10.2. The van der Waals surface area contributed by atoms with Gasteiger partial charge in [-0.05, 0) is 57.7 Å². The fourth-order valence-electron chi connectivity index (χ4n) is 3.22. The molecule has 1 fully saturated rings. The average Bonchev–Trinajstić information content (AvgIpc) is 3.11. The lowest BCUT2D eigenvalue weighted by Gasteiger charge is -2.25. The quantitative estimate of drug-likeness (QED) is 0.573. The molecule has 0 aliphatic carbocycles. The number of nitrogens with two attached hydrogens (primary N) is 1. The molecule has 0 amide bonds. The minimum absolute atomic E-state index is 0.00804. The van der Waals surface area contributed by atoms with E-state index in [0.29, 0.717) is 27.6 Å². The second kappa shape index (κ2) is 6.37. The third kappa shape index (κ3) is 2.64. The zero-order chi connectivity index (χ0) is 16.7. The molecule has 2 N–H and O–H groups in total. The minimum atomic E-state index is -0.391. The topological polar surface area (TPSA) is 90.2 Å². The first-order chi connectivity index (χ1) is 11.0. The summed E-state index contributed by atoms with van der Waals surface area (Å²) in [7, 11) is 0. The first-order valence-corrected chi connectivity index (χ1v) is 9.07. The van der Waals surface area contributed by atoms with Crippen LogP contribution < -0.4 is 10.6 Å². The highest BCUT2D eigenvalue weighted by Gasteiger charge is 2.31. The Morgan fingerprint density at radius 3 is 2.87 bits per heavy atom. The fourth-order valence-corrected chi connectivity index (χ4v) is 4.07. The molecule has 1 aromatic heterocycles. The number of fused-ring (bicyclic) bond motifs is 1. The van der Waals surface area contributed by atoms with Crippen LogP contribution in [0.25, 0.3) is 11.0 Å². The van der Waals surface area contributed by atoms with Gasteiger partial charge in [-0.25, -0.2) is 4.98 Å². The van der Waals surface area contributed by atoms with Gasteiger partial charge in [0.2, 0.25) is 5.95 Å². The Balaban J connectivity index is 2.28. The Morgan fingerprint density at radius 2 is 2.26 bits per heavy atom. The summed E-state index contributed by atoms with van der Waals surface area (Å²) in [5.41, 5.74) is 7.03. The lowest BCUT2D eigenvalue weighted by Crippen LogP contribution is -2.37. The molecule has 1 saturated heterocycles. The van der Waals surface area contributed by atoms with Crippen LogP contribution in [0.3, 0.4) is 0 Å². The summed E-state index contributed by atoms with van der Waals surface area (Å²) in [4.78, 5) is 17.9. The van der Waals surface area contributed by atoms with E-state index in [1.807, 2.05) is 17.6 Å². The van der Waals surface area contributed by atoms with E-state index in [1.54, 1.807) is 0 Å². The number of aryl methyl sites for hydroxylation is 1. The molecular weight excluding hydrogens is 430 g/mol. The van der Waals surface area contributed by atoms with Gasteiger partial charge in [0.25, 0.3) is 0 Å². The second-order valence-corrected chi connectivity index (χ2v) is 7.17. The zero-order valence-corrected chi connectivity index (χ0v) is 15.8. The van der Waals surface area contributed by atoms with E-state index in [9.17, 15) is 10.1 Å². The molecule has 1 aromatic carbocycles. The normalized spacial score (nSPS) is 18.1. The van der Waals surface area contributed by atoms with Gasteiger partial charge in [-0.3, -0.25) is 10.1 Å². The highest BCUT2D eigenvalue weighted by atomic mass is 79.9. The minimum Gasteiger partial charge on any atom is -0.338 e. The van der Waals surface area contributed by atoms with Gasteiger partial charge in [0.15, 0.2) is 5.52 Å². The number of aromatic nitrogens is 2. The number of benzene rings is 1. The lowest BCUT2D eigenvalue weighted by molar-refractivity contribution is -0.384. The molecule has 1 aliphatic rings. The molecule has 124 valence electrons. The maximum absolute atomic E-state index is 11.5. The maximum atomic E-state index is 11.5. The van der Waals surface area contributed by atoms with Crippen LogP contribution in [0.15, 0.2) is 15.0 Å². The largest absolute Gasteiger partial charge is 0.338 e. The number of halogens is 2. The van der Waals surface area contributed by atoms with Gasteiger partial charge < -0.3 is 15.2 Å². The summed E-state index contributed by atoms with van der Waals surface area (Å²) >= 11 is 6.69.